The van der Waals surface area contributed by atoms with Gasteiger partial charge < -0.3 is 10.6 Å². The Kier molecular flexibility index (Phi) is 6.44. The molecule has 0 aromatic heterocycles. The zero-order valence-electron chi connectivity index (χ0n) is 15.0. The Morgan fingerprint density at radius 2 is 1.92 bits per heavy atom. The summed E-state index contributed by atoms with van der Waals surface area (Å²) in [5.74, 6) is -0.363. The van der Waals surface area contributed by atoms with Gasteiger partial charge in [-0.3, -0.25) is 9.59 Å². The maximum absolute atomic E-state index is 12.2. The lowest BCUT2D eigenvalue weighted by Crippen LogP contribution is -2.28. The van der Waals surface area contributed by atoms with E-state index >= 15 is 0 Å². The van der Waals surface area contributed by atoms with Crippen LogP contribution in [0.4, 0.5) is 5.69 Å². The van der Waals surface area contributed by atoms with Gasteiger partial charge in [-0.15, -0.1) is 5.10 Å². The predicted molar refractivity (Wildman–Crippen MR) is 107 cm³/mol. The first-order chi connectivity index (χ1) is 12.6. The van der Waals surface area contributed by atoms with Gasteiger partial charge in [-0.25, -0.2) is 0 Å². The Hall–Kier alpha value is -2.15. The molecule has 0 radical (unpaired) electrons. The van der Waals surface area contributed by atoms with E-state index in [0.717, 1.165) is 42.6 Å². The van der Waals surface area contributed by atoms with Crippen molar-refractivity contribution in [3.8, 4) is 0 Å². The zero-order valence-corrected chi connectivity index (χ0v) is 15.8. The van der Waals surface area contributed by atoms with E-state index in [9.17, 15) is 9.59 Å². The first-order valence-corrected chi connectivity index (χ1v) is 9.96. The standard InChI is InChI=1S/C19H24N4O2S/c1-13-8-6-7-11-15(13)20-17(24)12-16-18(25)21-19(26-16)23-22-14-9-4-2-3-5-10-14/h6-8,11,16H,2-5,9-10,12H2,1H3,(H,20,24)(H,21,23,25)/t16-/m1/s1. The second-order valence-corrected chi connectivity index (χ2v) is 7.84. The van der Waals surface area contributed by atoms with Gasteiger partial charge in [0.1, 0.15) is 5.25 Å². The van der Waals surface area contributed by atoms with Crippen LogP contribution in [-0.2, 0) is 9.59 Å². The summed E-state index contributed by atoms with van der Waals surface area (Å²) in [5.41, 5.74) is 2.87. The third-order valence-electron chi connectivity index (χ3n) is 4.53. The van der Waals surface area contributed by atoms with E-state index in [0.29, 0.717) is 5.17 Å². The molecule has 1 aliphatic carbocycles. The van der Waals surface area contributed by atoms with Gasteiger partial charge in [0.25, 0.3) is 0 Å². The number of anilines is 1. The number of para-hydroxylation sites is 1. The Balaban J connectivity index is 1.55. The van der Waals surface area contributed by atoms with Crippen LogP contribution in [0.3, 0.4) is 0 Å². The molecule has 1 heterocycles. The summed E-state index contributed by atoms with van der Waals surface area (Å²) < 4.78 is 0. The summed E-state index contributed by atoms with van der Waals surface area (Å²) in [5, 5.41) is 14.1. The molecule has 2 fully saturated rings. The number of amides is 2. The van der Waals surface area contributed by atoms with Crippen LogP contribution in [0.2, 0.25) is 0 Å². The molecule has 2 amide bonds. The smallest absolute Gasteiger partial charge is 0.240 e. The highest BCUT2D eigenvalue weighted by Gasteiger charge is 2.32. The van der Waals surface area contributed by atoms with Crippen molar-refractivity contribution in [2.75, 3.05) is 5.32 Å². The first-order valence-electron chi connectivity index (χ1n) is 9.08. The van der Waals surface area contributed by atoms with E-state index in [1.807, 2.05) is 31.2 Å². The van der Waals surface area contributed by atoms with E-state index in [2.05, 4.69) is 20.8 Å². The Morgan fingerprint density at radius 3 is 2.65 bits per heavy atom. The third-order valence-corrected chi connectivity index (χ3v) is 5.60. The second-order valence-electron chi connectivity index (χ2n) is 6.65. The van der Waals surface area contributed by atoms with E-state index in [1.54, 1.807) is 0 Å². The number of thioether (sulfide) groups is 1. The summed E-state index contributed by atoms with van der Waals surface area (Å²) >= 11 is 1.28. The SMILES string of the molecule is Cc1ccccc1NC(=O)C[C@H]1S/C(=N/N=C2CCCCCC2)NC1=O. The molecule has 3 rings (SSSR count). The van der Waals surface area contributed by atoms with Gasteiger partial charge in [0.05, 0.1) is 0 Å². The summed E-state index contributed by atoms with van der Waals surface area (Å²) in [7, 11) is 0. The van der Waals surface area contributed by atoms with Crippen molar-refractivity contribution in [3.05, 3.63) is 29.8 Å². The number of benzene rings is 1. The van der Waals surface area contributed by atoms with Crippen LogP contribution in [0.1, 0.15) is 50.5 Å². The molecule has 7 heteroatoms. The van der Waals surface area contributed by atoms with Gasteiger partial charge in [0.2, 0.25) is 11.8 Å². The minimum atomic E-state index is -0.466. The molecule has 26 heavy (non-hydrogen) atoms. The topological polar surface area (TPSA) is 82.9 Å². The fourth-order valence-corrected chi connectivity index (χ4v) is 3.94. The predicted octanol–water partition coefficient (Wildman–Crippen LogP) is 3.62. The molecule has 1 aromatic rings. The molecule has 0 spiro atoms. The van der Waals surface area contributed by atoms with Crippen molar-refractivity contribution < 1.29 is 9.59 Å². The zero-order chi connectivity index (χ0) is 18.4. The van der Waals surface area contributed by atoms with E-state index in [4.69, 9.17) is 0 Å². The van der Waals surface area contributed by atoms with Gasteiger partial charge in [0, 0.05) is 17.8 Å². The lowest BCUT2D eigenvalue weighted by molar-refractivity contribution is -0.122. The number of amidine groups is 1. The number of nitrogens with zero attached hydrogens (tertiary/aromatic N) is 2. The fourth-order valence-electron chi connectivity index (χ4n) is 3.02. The second kappa shape index (κ2) is 8.98. The van der Waals surface area contributed by atoms with Crippen LogP contribution in [-0.4, -0.2) is 27.9 Å². The highest BCUT2D eigenvalue weighted by Crippen LogP contribution is 2.24. The van der Waals surface area contributed by atoms with Crippen LogP contribution >= 0.6 is 11.8 Å². The lowest BCUT2D eigenvalue weighted by Gasteiger charge is -2.09. The number of rotatable bonds is 4. The molecule has 1 saturated heterocycles. The average molecular weight is 372 g/mol. The maximum Gasteiger partial charge on any atom is 0.240 e. The van der Waals surface area contributed by atoms with Crippen LogP contribution in [0.5, 0.6) is 0 Å². The fraction of sp³-hybridized carbons (Fsp3) is 0.474. The van der Waals surface area contributed by atoms with Gasteiger partial charge in [0.15, 0.2) is 5.17 Å². The lowest BCUT2D eigenvalue weighted by atomic mass is 10.2. The van der Waals surface area contributed by atoms with Crippen molar-refractivity contribution in [1.29, 1.82) is 0 Å². The monoisotopic (exact) mass is 372 g/mol. The van der Waals surface area contributed by atoms with Crippen molar-refractivity contribution in [2.24, 2.45) is 10.2 Å². The number of carbonyl (C=O) groups excluding carboxylic acids is 2. The first kappa shape index (κ1) is 18.6. The quantitative estimate of drug-likeness (QED) is 0.625. The average Bonchev–Trinajstić information content (AvgIpc) is 2.82. The van der Waals surface area contributed by atoms with Crippen LogP contribution < -0.4 is 10.6 Å². The van der Waals surface area contributed by atoms with Gasteiger partial charge >= 0.3 is 0 Å². The largest absolute Gasteiger partial charge is 0.326 e. The number of hydrogen-bond donors (Lipinski definition) is 2. The molecule has 0 unspecified atom stereocenters. The molecule has 1 atom stereocenters. The summed E-state index contributed by atoms with van der Waals surface area (Å²) in [6.07, 6.45) is 6.89. The van der Waals surface area contributed by atoms with Gasteiger partial charge in [-0.05, 0) is 44.2 Å². The van der Waals surface area contributed by atoms with Gasteiger partial charge in [-0.1, -0.05) is 42.8 Å². The molecule has 138 valence electrons. The van der Waals surface area contributed by atoms with Crippen molar-refractivity contribution in [3.63, 3.8) is 0 Å². The number of nitrogens with one attached hydrogen (secondary N) is 2. The number of aryl methyl sites for hydroxylation is 1. The Bertz CT molecular complexity index is 735. The number of hydrogen-bond acceptors (Lipinski definition) is 5. The van der Waals surface area contributed by atoms with Crippen molar-refractivity contribution >= 4 is 40.1 Å². The Morgan fingerprint density at radius 1 is 1.19 bits per heavy atom. The van der Waals surface area contributed by atoms with E-state index < -0.39 is 5.25 Å². The minimum Gasteiger partial charge on any atom is -0.326 e. The molecule has 2 N–H and O–H groups in total. The molecule has 0 bridgehead atoms. The molecular weight excluding hydrogens is 348 g/mol. The van der Waals surface area contributed by atoms with Gasteiger partial charge in [-0.2, -0.15) is 5.10 Å². The molecule has 1 aliphatic heterocycles. The molecule has 6 nitrogen and oxygen atoms in total. The number of carbonyl (C=O) groups is 2. The summed E-state index contributed by atoms with van der Waals surface area (Å²) in [6.45, 7) is 1.93. The van der Waals surface area contributed by atoms with Crippen LogP contribution in [0.15, 0.2) is 34.5 Å². The highest BCUT2D eigenvalue weighted by atomic mass is 32.2. The van der Waals surface area contributed by atoms with E-state index in [1.165, 1.54) is 24.6 Å². The van der Waals surface area contributed by atoms with Crippen LogP contribution in [0, 0.1) is 6.92 Å². The highest BCUT2D eigenvalue weighted by molar-refractivity contribution is 8.15. The molecule has 2 aliphatic rings. The Labute approximate surface area is 157 Å². The van der Waals surface area contributed by atoms with E-state index in [-0.39, 0.29) is 18.2 Å². The maximum atomic E-state index is 12.2. The van der Waals surface area contributed by atoms with Crippen molar-refractivity contribution in [1.82, 2.24) is 5.32 Å². The molecule has 1 saturated carbocycles. The van der Waals surface area contributed by atoms with Crippen molar-refractivity contribution in [2.45, 2.75) is 57.1 Å². The minimum absolute atomic E-state index is 0.112. The normalized spacial score (nSPS) is 22.0. The summed E-state index contributed by atoms with van der Waals surface area (Å²) in [4.78, 5) is 24.3. The third kappa shape index (κ3) is 5.17. The molecule has 1 aromatic carbocycles. The van der Waals surface area contributed by atoms with Crippen LogP contribution in [0.25, 0.3) is 0 Å². The summed E-state index contributed by atoms with van der Waals surface area (Å²) in [6, 6.07) is 7.58. The molecular formula is C19H24N4O2S.